The van der Waals surface area contributed by atoms with Crippen LogP contribution >= 0.6 is 0 Å². The van der Waals surface area contributed by atoms with Crippen LogP contribution in [0.2, 0.25) is 0 Å². The molecular formula is C26H28N2O5. The van der Waals surface area contributed by atoms with Crippen LogP contribution in [0, 0.1) is 17.8 Å². The van der Waals surface area contributed by atoms with Gasteiger partial charge in [-0.1, -0.05) is 48.5 Å². The highest BCUT2D eigenvalue weighted by Crippen LogP contribution is 2.51. The van der Waals surface area contributed by atoms with E-state index < -0.39 is 12.1 Å². The van der Waals surface area contributed by atoms with Gasteiger partial charge in [-0.3, -0.25) is 9.59 Å². The normalized spacial score (nSPS) is 23.3. The monoisotopic (exact) mass is 448 g/mol. The molecule has 33 heavy (non-hydrogen) atoms. The highest BCUT2D eigenvalue weighted by atomic mass is 16.5. The predicted octanol–water partition coefficient (Wildman–Crippen LogP) is 3.48. The Kier molecular flexibility index (Phi) is 5.56. The number of piperidine rings is 1. The molecule has 0 bridgehead atoms. The summed E-state index contributed by atoms with van der Waals surface area (Å²) in [7, 11) is 0. The van der Waals surface area contributed by atoms with Crippen LogP contribution in [0.4, 0.5) is 4.79 Å². The van der Waals surface area contributed by atoms with E-state index in [2.05, 4.69) is 29.6 Å². The SMILES string of the molecule is CC(CCC(=O)N1C[C@@H]2C(C(=O)O)[C@@H]2C1)NC(=O)OCC1c2ccccc2-c2ccccc21. The highest BCUT2D eigenvalue weighted by molar-refractivity contribution is 5.80. The van der Waals surface area contributed by atoms with Crippen LogP contribution in [0.25, 0.3) is 11.1 Å². The van der Waals surface area contributed by atoms with Crippen molar-refractivity contribution < 1.29 is 24.2 Å². The predicted molar refractivity (Wildman–Crippen MR) is 122 cm³/mol. The van der Waals surface area contributed by atoms with Crippen LogP contribution in [0.1, 0.15) is 36.8 Å². The molecule has 7 nitrogen and oxygen atoms in total. The fourth-order valence-corrected chi connectivity index (χ4v) is 5.51. The van der Waals surface area contributed by atoms with Crippen molar-refractivity contribution in [2.24, 2.45) is 17.8 Å². The number of aliphatic carboxylic acids is 1. The zero-order valence-electron chi connectivity index (χ0n) is 18.6. The molecule has 5 rings (SSSR count). The van der Waals surface area contributed by atoms with Crippen molar-refractivity contribution in [3.8, 4) is 11.1 Å². The van der Waals surface area contributed by atoms with Crippen molar-refractivity contribution in [1.82, 2.24) is 10.2 Å². The van der Waals surface area contributed by atoms with E-state index in [1.54, 1.807) is 4.90 Å². The number of fused-ring (bicyclic) bond motifs is 4. The number of alkyl carbamates (subject to hydrolysis) is 1. The lowest BCUT2D eigenvalue weighted by Crippen LogP contribution is -2.36. The van der Waals surface area contributed by atoms with Crippen LogP contribution in [0.3, 0.4) is 0 Å². The highest BCUT2D eigenvalue weighted by Gasteiger charge is 2.60. The number of benzene rings is 2. The lowest BCUT2D eigenvalue weighted by molar-refractivity contribution is -0.141. The Morgan fingerprint density at radius 3 is 2.18 bits per heavy atom. The van der Waals surface area contributed by atoms with Gasteiger partial charge in [0.2, 0.25) is 5.91 Å². The fourth-order valence-electron chi connectivity index (χ4n) is 5.51. The third kappa shape index (κ3) is 4.08. The molecule has 2 N–H and O–H groups in total. The molecule has 0 spiro atoms. The number of nitrogens with zero attached hydrogens (tertiary/aromatic N) is 1. The Bertz CT molecular complexity index is 1040. The Morgan fingerprint density at radius 1 is 1.03 bits per heavy atom. The molecule has 1 aliphatic heterocycles. The van der Waals surface area contributed by atoms with Crippen molar-refractivity contribution in [3.05, 3.63) is 59.7 Å². The third-order valence-corrected chi connectivity index (χ3v) is 7.33. The molecule has 2 aromatic rings. The number of nitrogens with one attached hydrogen (secondary N) is 1. The van der Waals surface area contributed by atoms with Gasteiger partial charge in [-0.2, -0.15) is 0 Å². The average Bonchev–Trinajstić information content (AvgIpc) is 3.16. The van der Waals surface area contributed by atoms with Gasteiger partial charge in [0.15, 0.2) is 0 Å². The van der Waals surface area contributed by atoms with Gasteiger partial charge in [0.25, 0.3) is 0 Å². The van der Waals surface area contributed by atoms with Crippen LogP contribution in [0.5, 0.6) is 0 Å². The topological polar surface area (TPSA) is 95.9 Å². The smallest absolute Gasteiger partial charge is 0.407 e. The summed E-state index contributed by atoms with van der Waals surface area (Å²) in [5.41, 5.74) is 4.70. The summed E-state index contributed by atoms with van der Waals surface area (Å²) in [4.78, 5) is 37.7. The summed E-state index contributed by atoms with van der Waals surface area (Å²) in [6, 6.07) is 16.2. The van der Waals surface area contributed by atoms with Crippen molar-refractivity contribution in [3.63, 3.8) is 0 Å². The maximum atomic E-state index is 12.4. The second-order valence-electron chi connectivity index (χ2n) is 9.40. The molecule has 2 aromatic carbocycles. The fraction of sp³-hybridized carbons (Fsp3) is 0.423. The Hall–Kier alpha value is -3.35. The molecule has 1 saturated heterocycles. The van der Waals surface area contributed by atoms with Gasteiger partial charge < -0.3 is 20.1 Å². The van der Waals surface area contributed by atoms with Gasteiger partial charge >= 0.3 is 12.1 Å². The van der Waals surface area contributed by atoms with E-state index in [4.69, 9.17) is 9.84 Å². The van der Waals surface area contributed by atoms with E-state index in [1.807, 2.05) is 31.2 Å². The van der Waals surface area contributed by atoms with Crippen LogP contribution in [-0.2, 0) is 14.3 Å². The van der Waals surface area contributed by atoms with Gasteiger partial charge in [-0.25, -0.2) is 4.79 Å². The number of carboxylic acids is 1. The molecule has 0 aromatic heterocycles. The minimum atomic E-state index is -0.752. The van der Waals surface area contributed by atoms with E-state index in [1.165, 1.54) is 22.3 Å². The molecule has 2 aliphatic carbocycles. The maximum absolute atomic E-state index is 12.4. The number of hydrogen-bond donors (Lipinski definition) is 2. The number of rotatable bonds is 7. The number of carbonyl (C=O) groups is 3. The molecule has 7 heteroatoms. The summed E-state index contributed by atoms with van der Waals surface area (Å²) < 4.78 is 5.57. The van der Waals surface area contributed by atoms with E-state index in [0.29, 0.717) is 25.9 Å². The van der Waals surface area contributed by atoms with E-state index in [0.717, 1.165) is 0 Å². The standard InChI is InChI=1S/C26H28N2O5/c1-15(10-11-23(29)28-12-20-21(13-28)24(20)25(30)31)27-26(32)33-14-22-18-8-4-2-6-16(18)17-7-3-5-9-19(17)22/h2-9,15,20-22,24H,10-14H2,1H3,(H,27,32)(H,30,31)/t15?,20-,21+,24?. The van der Waals surface area contributed by atoms with E-state index >= 15 is 0 Å². The summed E-state index contributed by atoms with van der Waals surface area (Å²) in [6.45, 7) is 3.19. The Balaban J connectivity index is 1.08. The molecule has 1 heterocycles. The molecule has 2 fully saturated rings. The van der Waals surface area contributed by atoms with Gasteiger partial charge in [-0.05, 0) is 47.4 Å². The first kappa shape index (κ1) is 21.5. The van der Waals surface area contributed by atoms with E-state index in [9.17, 15) is 14.4 Å². The van der Waals surface area contributed by atoms with Crippen LogP contribution < -0.4 is 5.32 Å². The van der Waals surface area contributed by atoms with Crippen LogP contribution in [0.15, 0.2) is 48.5 Å². The number of amides is 2. The molecule has 2 amide bonds. The van der Waals surface area contributed by atoms with E-state index in [-0.39, 0.29) is 42.2 Å². The first-order chi connectivity index (χ1) is 15.9. The maximum Gasteiger partial charge on any atom is 0.407 e. The van der Waals surface area contributed by atoms with Crippen LogP contribution in [-0.4, -0.2) is 53.7 Å². The number of hydrogen-bond acceptors (Lipinski definition) is 4. The molecule has 3 aliphatic rings. The molecule has 4 atom stereocenters. The lowest BCUT2D eigenvalue weighted by atomic mass is 9.98. The minimum Gasteiger partial charge on any atom is -0.481 e. The van der Waals surface area contributed by atoms with Gasteiger partial charge in [-0.15, -0.1) is 0 Å². The average molecular weight is 449 g/mol. The number of carboxylic acid groups (broad SMARTS) is 1. The quantitative estimate of drug-likeness (QED) is 0.676. The summed E-state index contributed by atoms with van der Waals surface area (Å²) in [6.07, 6.45) is 0.350. The summed E-state index contributed by atoms with van der Waals surface area (Å²) in [5, 5.41) is 11.9. The number of likely N-dealkylation sites (tertiary alicyclic amines) is 1. The molecule has 172 valence electrons. The zero-order chi connectivity index (χ0) is 23.1. The van der Waals surface area contributed by atoms with Crippen molar-refractivity contribution >= 4 is 18.0 Å². The first-order valence-corrected chi connectivity index (χ1v) is 11.6. The first-order valence-electron chi connectivity index (χ1n) is 11.6. The number of ether oxygens (including phenoxy) is 1. The third-order valence-electron chi connectivity index (χ3n) is 7.33. The summed E-state index contributed by atoms with van der Waals surface area (Å²) in [5.74, 6) is -0.768. The minimum absolute atomic E-state index is 0.0104. The number of carbonyl (C=O) groups excluding carboxylic acids is 2. The molecular weight excluding hydrogens is 420 g/mol. The second-order valence-corrected chi connectivity index (χ2v) is 9.40. The molecule has 2 unspecified atom stereocenters. The molecule has 1 saturated carbocycles. The zero-order valence-corrected chi connectivity index (χ0v) is 18.6. The van der Waals surface area contributed by atoms with Gasteiger partial charge in [0.05, 0.1) is 5.92 Å². The summed E-state index contributed by atoms with van der Waals surface area (Å²) >= 11 is 0. The molecule has 0 radical (unpaired) electrons. The van der Waals surface area contributed by atoms with Gasteiger partial charge in [0, 0.05) is 31.5 Å². The lowest BCUT2D eigenvalue weighted by Gasteiger charge is -2.21. The largest absolute Gasteiger partial charge is 0.481 e. The van der Waals surface area contributed by atoms with Crippen molar-refractivity contribution in [2.45, 2.75) is 31.7 Å². The van der Waals surface area contributed by atoms with Crippen molar-refractivity contribution in [1.29, 1.82) is 0 Å². The Labute approximate surface area is 192 Å². The second kappa shape index (κ2) is 8.54. The Morgan fingerprint density at radius 2 is 1.61 bits per heavy atom. The van der Waals surface area contributed by atoms with Crippen molar-refractivity contribution in [2.75, 3.05) is 19.7 Å². The van der Waals surface area contributed by atoms with Gasteiger partial charge in [0.1, 0.15) is 6.61 Å².